The van der Waals surface area contributed by atoms with E-state index in [9.17, 15) is 9.59 Å². The number of hydrogen-bond acceptors (Lipinski definition) is 4. The molecule has 7 nitrogen and oxygen atoms in total. The Kier molecular flexibility index (Phi) is 8.65. The molecule has 5 aromatic rings. The van der Waals surface area contributed by atoms with E-state index < -0.39 is 11.7 Å². The molecule has 1 saturated carbocycles. The van der Waals surface area contributed by atoms with Crippen molar-refractivity contribution in [2.75, 3.05) is 11.4 Å². The summed E-state index contributed by atoms with van der Waals surface area (Å²) < 4.78 is 24.3. The van der Waals surface area contributed by atoms with Crippen molar-refractivity contribution in [1.82, 2.24) is 9.55 Å². The van der Waals surface area contributed by atoms with Crippen LogP contribution >= 0.6 is 0 Å². The summed E-state index contributed by atoms with van der Waals surface area (Å²) in [5, 5.41) is 0. The number of primary amides is 1. The van der Waals surface area contributed by atoms with Crippen molar-refractivity contribution >= 4 is 28.5 Å². The third-order valence-electron chi connectivity index (χ3n) is 8.67. The Bertz CT molecular complexity index is 1860. The molecule has 8 heteroatoms. The lowest BCUT2D eigenvalue weighted by Gasteiger charge is -2.26. The standard InChI is InChI=1S/C37H37FN4O3/c1-3-41(24(2)43)29-15-17-31(25-10-6-4-7-11-25)27(20-29)23-45-30-16-18-32(33(38)22-30)37-40-34-21-26(36(39)44)14-19-35(34)42(37)28-12-8-5-9-13-28/h4,6-7,10-11,14-22,28H,3,5,8-9,12-13,23H2,1-2H3,(H2,39,44). The van der Waals surface area contributed by atoms with Crippen LogP contribution in [0, 0.1) is 5.82 Å². The number of hydrogen-bond donors (Lipinski definition) is 1. The second kappa shape index (κ2) is 12.9. The molecule has 45 heavy (non-hydrogen) atoms. The van der Waals surface area contributed by atoms with Gasteiger partial charge in [-0.25, -0.2) is 9.37 Å². The van der Waals surface area contributed by atoms with Crippen molar-refractivity contribution in [3.63, 3.8) is 0 Å². The highest BCUT2D eigenvalue weighted by molar-refractivity contribution is 5.97. The highest BCUT2D eigenvalue weighted by Gasteiger charge is 2.24. The van der Waals surface area contributed by atoms with E-state index in [1.165, 1.54) is 12.5 Å². The molecule has 0 saturated heterocycles. The Balaban J connectivity index is 1.33. The quantitative estimate of drug-likeness (QED) is 0.184. The molecular formula is C37H37FN4O3. The topological polar surface area (TPSA) is 90.5 Å². The number of rotatable bonds is 9. The van der Waals surface area contributed by atoms with E-state index in [-0.39, 0.29) is 18.6 Å². The van der Waals surface area contributed by atoms with Gasteiger partial charge in [-0.05, 0) is 78.9 Å². The van der Waals surface area contributed by atoms with Gasteiger partial charge in [-0.3, -0.25) is 9.59 Å². The fourth-order valence-corrected chi connectivity index (χ4v) is 6.43. The molecule has 0 spiro atoms. The molecule has 6 rings (SSSR count). The number of benzene rings is 4. The van der Waals surface area contributed by atoms with E-state index in [0.717, 1.165) is 53.6 Å². The number of fused-ring (bicyclic) bond motifs is 1. The summed E-state index contributed by atoms with van der Waals surface area (Å²) in [5.41, 5.74) is 11.4. The van der Waals surface area contributed by atoms with Crippen LogP contribution in [-0.4, -0.2) is 27.9 Å². The van der Waals surface area contributed by atoms with Gasteiger partial charge >= 0.3 is 0 Å². The summed E-state index contributed by atoms with van der Waals surface area (Å²) in [6.07, 6.45) is 5.37. The van der Waals surface area contributed by atoms with Crippen LogP contribution in [0.2, 0.25) is 0 Å². The maximum Gasteiger partial charge on any atom is 0.248 e. The predicted molar refractivity (Wildman–Crippen MR) is 176 cm³/mol. The Morgan fingerprint density at radius 1 is 0.956 bits per heavy atom. The molecule has 0 unspecified atom stereocenters. The van der Waals surface area contributed by atoms with E-state index in [0.29, 0.717) is 34.8 Å². The summed E-state index contributed by atoms with van der Waals surface area (Å²) in [5.74, 6) is -0.0928. The summed E-state index contributed by atoms with van der Waals surface area (Å²) in [4.78, 5) is 30.6. The molecule has 0 radical (unpaired) electrons. The lowest BCUT2D eigenvalue weighted by Crippen LogP contribution is -2.28. The van der Waals surface area contributed by atoms with Gasteiger partial charge in [0.1, 0.15) is 24.0 Å². The molecule has 4 aromatic carbocycles. The largest absolute Gasteiger partial charge is 0.489 e. The molecule has 1 aromatic heterocycles. The second-order valence-electron chi connectivity index (χ2n) is 11.6. The molecule has 230 valence electrons. The zero-order chi connectivity index (χ0) is 31.5. The summed E-state index contributed by atoms with van der Waals surface area (Å²) in [6.45, 7) is 4.21. The first-order chi connectivity index (χ1) is 21.8. The molecule has 1 fully saturated rings. The van der Waals surface area contributed by atoms with Gasteiger partial charge in [-0.1, -0.05) is 55.7 Å². The number of imidazole rings is 1. The number of ether oxygens (including phenoxy) is 1. The highest BCUT2D eigenvalue weighted by atomic mass is 19.1. The zero-order valence-corrected chi connectivity index (χ0v) is 25.6. The summed E-state index contributed by atoms with van der Waals surface area (Å²) in [7, 11) is 0. The third-order valence-corrected chi connectivity index (χ3v) is 8.67. The molecule has 1 heterocycles. The molecular weight excluding hydrogens is 567 g/mol. The van der Waals surface area contributed by atoms with E-state index in [1.807, 2.05) is 61.5 Å². The van der Waals surface area contributed by atoms with Crippen molar-refractivity contribution in [3.8, 4) is 28.3 Å². The molecule has 2 N–H and O–H groups in total. The van der Waals surface area contributed by atoms with Crippen LogP contribution < -0.4 is 15.4 Å². The first-order valence-electron chi connectivity index (χ1n) is 15.5. The van der Waals surface area contributed by atoms with Crippen LogP contribution in [0.1, 0.15) is 67.9 Å². The minimum atomic E-state index is -0.525. The zero-order valence-electron chi connectivity index (χ0n) is 25.6. The van der Waals surface area contributed by atoms with Gasteiger partial charge in [0.25, 0.3) is 0 Å². The Labute approximate surface area is 262 Å². The maximum atomic E-state index is 15.9. The summed E-state index contributed by atoms with van der Waals surface area (Å²) >= 11 is 0. The monoisotopic (exact) mass is 604 g/mol. The van der Waals surface area contributed by atoms with E-state index in [2.05, 4.69) is 4.57 Å². The molecule has 1 aliphatic rings. The minimum absolute atomic E-state index is 0.0420. The highest BCUT2D eigenvalue weighted by Crippen LogP contribution is 2.38. The Morgan fingerprint density at radius 2 is 1.71 bits per heavy atom. The first kappa shape index (κ1) is 30.1. The van der Waals surface area contributed by atoms with Gasteiger partial charge in [0, 0.05) is 36.8 Å². The van der Waals surface area contributed by atoms with Gasteiger partial charge in [0.05, 0.1) is 16.6 Å². The average molecular weight is 605 g/mol. The van der Waals surface area contributed by atoms with E-state index >= 15 is 4.39 Å². The number of carbonyl (C=O) groups is 2. The van der Waals surface area contributed by atoms with Crippen LogP contribution in [0.15, 0.2) is 84.9 Å². The molecule has 0 bridgehead atoms. The number of nitrogens with two attached hydrogens (primary N) is 1. The fourth-order valence-electron chi connectivity index (χ4n) is 6.43. The van der Waals surface area contributed by atoms with Crippen molar-refractivity contribution in [2.24, 2.45) is 5.73 Å². The van der Waals surface area contributed by atoms with Gasteiger partial charge in [-0.2, -0.15) is 0 Å². The van der Waals surface area contributed by atoms with Crippen molar-refractivity contribution in [3.05, 3.63) is 102 Å². The first-order valence-corrected chi connectivity index (χ1v) is 15.5. The van der Waals surface area contributed by atoms with E-state index in [1.54, 1.807) is 36.1 Å². The molecule has 2 amide bonds. The number of aromatic nitrogens is 2. The van der Waals surface area contributed by atoms with Crippen molar-refractivity contribution < 1.29 is 18.7 Å². The van der Waals surface area contributed by atoms with Crippen LogP contribution in [0.5, 0.6) is 5.75 Å². The van der Waals surface area contributed by atoms with Gasteiger partial charge in [-0.15, -0.1) is 0 Å². The number of amides is 2. The van der Waals surface area contributed by atoms with Gasteiger partial charge < -0.3 is 19.9 Å². The van der Waals surface area contributed by atoms with Crippen LogP contribution in [0.4, 0.5) is 10.1 Å². The van der Waals surface area contributed by atoms with Crippen LogP contribution in [-0.2, 0) is 11.4 Å². The van der Waals surface area contributed by atoms with Crippen LogP contribution in [0.3, 0.4) is 0 Å². The Morgan fingerprint density at radius 3 is 2.40 bits per heavy atom. The van der Waals surface area contributed by atoms with E-state index in [4.69, 9.17) is 15.5 Å². The second-order valence-corrected chi connectivity index (χ2v) is 11.6. The molecule has 0 aliphatic heterocycles. The number of nitrogens with zero attached hydrogens (tertiary/aromatic N) is 3. The summed E-state index contributed by atoms with van der Waals surface area (Å²) in [6, 6.07) is 26.2. The predicted octanol–water partition coefficient (Wildman–Crippen LogP) is 8.07. The van der Waals surface area contributed by atoms with Crippen molar-refractivity contribution in [2.45, 2.75) is 58.6 Å². The Hall–Kier alpha value is -4.98. The smallest absolute Gasteiger partial charge is 0.248 e. The SMILES string of the molecule is CCN(C(C)=O)c1ccc(-c2ccccc2)c(COc2ccc(-c3nc4cc(C(N)=O)ccc4n3C3CCCCC3)c(F)c2)c1. The minimum Gasteiger partial charge on any atom is -0.489 e. The maximum absolute atomic E-state index is 15.9. The van der Waals surface area contributed by atoms with Crippen molar-refractivity contribution in [1.29, 1.82) is 0 Å². The lowest BCUT2D eigenvalue weighted by molar-refractivity contribution is -0.116. The number of carbonyl (C=O) groups excluding carboxylic acids is 2. The number of halogens is 1. The molecule has 0 atom stereocenters. The van der Waals surface area contributed by atoms with Gasteiger partial charge in [0.2, 0.25) is 11.8 Å². The van der Waals surface area contributed by atoms with Crippen LogP contribution in [0.25, 0.3) is 33.5 Å². The normalized spacial score (nSPS) is 13.6. The fraction of sp³-hybridized carbons (Fsp3) is 0.270. The van der Waals surface area contributed by atoms with Gasteiger partial charge in [0.15, 0.2) is 0 Å². The number of anilines is 1. The molecule has 1 aliphatic carbocycles. The lowest BCUT2D eigenvalue weighted by atomic mass is 9.94. The third kappa shape index (κ3) is 6.18. The average Bonchev–Trinajstić information content (AvgIpc) is 3.43.